The third kappa shape index (κ3) is 3.81. The van der Waals surface area contributed by atoms with Gasteiger partial charge in [-0.3, -0.25) is 4.57 Å². The molecule has 136 valence electrons. The Hall–Kier alpha value is -2.02. The van der Waals surface area contributed by atoms with E-state index in [0.717, 1.165) is 25.1 Å². The average molecular weight is 346 g/mol. The third-order valence-corrected chi connectivity index (χ3v) is 4.62. The number of aromatic nitrogens is 4. The lowest BCUT2D eigenvalue weighted by atomic mass is 9.78. The molecule has 0 spiro atoms. The van der Waals surface area contributed by atoms with Crippen molar-refractivity contribution in [2.75, 3.05) is 6.61 Å². The normalized spacial score (nSPS) is 21.5. The van der Waals surface area contributed by atoms with Crippen molar-refractivity contribution < 1.29 is 9.15 Å². The average Bonchev–Trinajstić information content (AvgIpc) is 2.98. The van der Waals surface area contributed by atoms with E-state index in [-0.39, 0.29) is 29.7 Å². The van der Waals surface area contributed by atoms with Crippen LogP contribution >= 0.6 is 0 Å². The van der Waals surface area contributed by atoms with Gasteiger partial charge in [0, 0.05) is 18.0 Å². The smallest absolute Gasteiger partial charge is 0.348 e. The van der Waals surface area contributed by atoms with Crippen LogP contribution in [0.2, 0.25) is 0 Å². The summed E-state index contributed by atoms with van der Waals surface area (Å²) in [5.41, 5.74) is 1.22. The Balaban J connectivity index is 1.84. The molecule has 0 N–H and O–H groups in total. The van der Waals surface area contributed by atoms with Gasteiger partial charge in [0.25, 0.3) is 0 Å². The minimum Gasteiger partial charge on any atom is -0.423 e. The number of rotatable bonds is 3. The van der Waals surface area contributed by atoms with Gasteiger partial charge in [-0.15, -0.1) is 10.2 Å². The summed E-state index contributed by atoms with van der Waals surface area (Å²) in [5.74, 6) is 1.11. The molecule has 0 bridgehead atoms. The number of aryl methyl sites for hydroxylation is 2. The van der Waals surface area contributed by atoms with E-state index in [9.17, 15) is 4.79 Å². The highest BCUT2D eigenvalue weighted by molar-refractivity contribution is 5.08. The van der Waals surface area contributed by atoms with Gasteiger partial charge in [-0.1, -0.05) is 20.8 Å². The molecule has 0 aromatic carbocycles. The molecule has 2 aromatic rings. The van der Waals surface area contributed by atoms with Crippen molar-refractivity contribution in [3.05, 3.63) is 39.7 Å². The molecule has 25 heavy (non-hydrogen) atoms. The summed E-state index contributed by atoms with van der Waals surface area (Å²) in [4.78, 5) is 16.1. The molecule has 0 aliphatic carbocycles. The minimum atomic E-state index is -0.300. The van der Waals surface area contributed by atoms with Gasteiger partial charge in [0.1, 0.15) is 6.54 Å². The van der Waals surface area contributed by atoms with Gasteiger partial charge in [0.05, 0.1) is 12.0 Å². The Bertz CT molecular complexity index is 803. The highest BCUT2D eigenvalue weighted by Gasteiger charge is 2.39. The van der Waals surface area contributed by atoms with Gasteiger partial charge in [-0.05, 0) is 38.2 Å². The summed E-state index contributed by atoms with van der Waals surface area (Å²) >= 11 is 0. The van der Waals surface area contributed by atoms with Crippen LogP contribution in [0, 0.1) is 19.3 Å². The topological polar surface area (TPSA) is 83.0 Å². The first-order valence-corrected chi connectivity index (χ1v) is 8.74. The van der Waals surface area contributed by atoms with Gasteiger partial charge in [0.2, 0.25) is 11.8 Å². The van der Waals surface area contributed by atoms with E-state index in [1.807, 2.05) is 13.0 Å². The molecule has 0 unspecified atom stereocenters. The maximum absolute atomic E-state index is 12.1. The molecular weight excluding hydrogens is 320 g/mol. The standard InChI is InChI=1S/C18H26N4O3/c1-11-9-12(2)22(17(23)19-11)10-14-20-21-16(25-14)13-7-6-8-24-15(13)18(3,4)5/h9,13,15H,6-8,10H2,1-5H3/t13-,15-/m1/s1. The lowest BCUT2D eigenvalue weighted by molar-refractivity contribution is -0.0679. The molecule has 0 saturated carbocycles. The third-order valence-electron chi connectivity index (χ3n) is 4.62. The number of hydrogen-bond acceptors (Lipinski definition) is 6. The molecule has 1 aliphatic rings. The SMILES string of the molecule is Cc1cc(C)n(Cc2nnc([C@@H]3CCCO[C@H]3C(C)(C)C)o2)c(=O)n1. The summed E-state index contributed by atoms with van der Waals surface area (Å²) in [6.45, 7) is 11.2. The van der Waals surface area contributed by atoms with Crippen LogP contribution in [0.3, 0.4) is 0 Å². The first-order valence-electron chi connectivity index (χ1n) is 8.74. The Kier molecular flexibility index (Phi) is 4.77. The van der Waals surface area contributed by atoms with Gasteiger partial charge >= 0.3 is 5.69 Å². The number of nitrogens with zero attached hydrogens (tertiary/aromatic N) is 4. The fourth-order valence-electron chi connectivity index (χ4n) is 3.47. The van der Waals surface area contributed by atoms with E-state index >= 15 is 0 Å². The molecule has 1 fully saturated rings. The van der Waals surface area contributed by atoms with E-state index in [0.29, 0.717) is 17.5 Å². The molecule has 3 heterocycles. The predicted octanol–water partition coefficient (Wildman–Crippen LogP) is 2.60. The largest absolute Gasteiger partial charge is 0.423 e. The van der Waals surface area contributed by atoms with E-state index in [1.54, 1.807) is 11.5 Å². The second-order valence-electron chi connectivity index (χ2n) is 7.85. The van der Waals surface area contributed by atoms with Crippen LogP contribution in [0.4, 0.5) is 0 Å². The van der Waals surface area contributed by atoms with Gasteiger partial charge in [0.15, 0.2) is 0 Å². The number of hydrogen-bond donors (Lipinski definition) is 0. The maximum Gasteiger partial charge on any atom is 0.348 e. The van der Waals surface area contributed by atoms with E-state index in [2.05, 4.69) is 36.0 Å². The summed E-state index contributed by atoms with van der Waals surface area (Å²) in [7, 11) is 0. The zero-order valence-electron chi connectivity index (χ0n) is 15.6. The van der Waals surface area contributed by atoms with E-state index in [1.165, 1.54) is 0 Å². The molecule has 0 radical (unpaired) electrons. The summed E-state index contributed by atoms with van der Waals surface area (Å²) in [6, 6.07) is 1.86. The number of ether oxygens (including phenoxy) is 1. The molecule has 7 nitrogen and oxygen atoms in total. The van der Waals surface area contributed by atoms with Crippen LogP contribution in [-0.4, -0.2) is 32.5 Å². The van der Waals surface area contributed by atoms with Crippen molar-refractivity contribution in [3.8, 4) is 0 Å². The Labute approximate surface area is 147 Å². The highest BCUT2D eigenvalue weighted by atomic mass is 16.5. The lowest BCUT2D eigenvalue weighted by Crippen LogP contribution is -2.38. The zero-order chi connectivity index (χ0) is 18.2. The van der Waals surface area contributed by atoms with Crippen LogP contribution < -0.4 is 5.69 Å². The van der Waals surface area contributed by atoms with Gasteiger partial charge < -0.3 is 9.15 Å². The Morgan fingerprint density at radius 3 is 2.72 bits per heavy atom. The summed E-state index contributed by atoms with van der Waals surface area (Å²) in [6.07, 6.45) is 1.99. The predicted molar refractivity (Wildman–Crippen MR) is 92.5 cm³/mol. The zero-order valence-corrected chi connectivity index (χ0v) is 15.6. The quantitative estimate of drug-likeness (QED) is 0.849. The first-order chi connectivity index (χ1) is 11.8. The summed E-state index contributed by atoms with van der Waals surface area (Å²) < 4.78 is 13.4. The highest BCUT2D eigenvalue weighted by Crippen LogP contribution is 2.39. The van der Waals surface area contributed by atoms with Crippen LogP contribution in [0.15, 0.2) is 15.3 Å². The van der Waals surface area contributed by atoms with Crippen molar-refractivity contribution in [1.29, 1.82) is 0 Å². The molecule has 1 saturated heterocycles. The van der Waals surface area contributed by atoms with Crippen molar-refractivity contribution in [3.63, 3.8) is 0 Å². The summed E-state index contributed by atoms with van der Waals surface area (Å²) in [5, 5.41) is 8.39. The van der Waals surface area contributed by atoms with Crippen LogP contribution in [0.5, 0.6) is 0 Å². The van der Waals surface area contributed by atoms with Crippen LogP contribution in [0.25, 0.3) is 0 Å². The van der Waals surface area contributed by atoms with Crippen LogP contribution in [0.1, 0.15) is 62.7 Å². The van der Waals surface area contributed by atoms with Crippen LogP contribution in [-0.2, 0) is 11.3 Å². The van der Waals surface area contributed by atoms with E-state index in [4.69, 9.17) is 9.15 Å². The van der Waals surface area contributed by atoms with Gasteiger partial charge in [-0.25, -0.2) is 4.79 Å². The second-order valence-corrected chi connectivity index (χ2v) is 7.85. The lowest BCUT2D eigenvalue weighted by Gasteiger charge is -2.38. The molecule has 3 rings (SSSR count). The Morgan fingerprint density at radius 1 is 1.28 bits per heavy atom. The monoisotopic (exact) mass is 346 g/mol. The molecule has 1 aliphatic heterocycles. The van der Waals surface area contributed by atoms with Crippen molar-refractivity contribution >= 4 is 0 Å². The molecule has 2 aromatic heterocycles. The van der Waals surface area contributed by atoms with Crippen molar-refractivity contribution in [2.45, 2.75) is 66.0 Å². The minimum absolute atomic E-state index is 0.00583. The fourth-order valence-corrected chi connectivity index (χ4v) is 3.47. The molecular formula is C18H26N4O3. The Morgan fingerprint density at radius 2 is 2.04 bits per heavy atom. The molecule has 7 heteroatoms. The van der Waals surface area contributed by atoms with Gasteiger partial charge in [-0.2, -0.15) is 4.98 Å². The maximum atomic E-state index is 12.1. The fraction of sp³-hybridized carbons (Fsp3) is 0.667. The van der Waals surface area contributed by atoms with Crippen molar-refractivity contribution in [2.24, 2.45) is 5.41 Å². The first kappa shape index (κ1) is 17.8. The van der Waals surface area contributed by atoms with Crippen molar-refractivity contribution in [1.82, 2.24) is 19.7 Å². The molecule has 2 atom stereocenters. The second kappa shape index (κ2) is 6.71. The van der Waals surface area contributed by atoms with E-state index < -0.39 is 0 Å². The molecule has 0 amide bonds.